The zero-order valence-electron chi connectivity index (χ0n) is 12.0. The zero-order chi connectivity index (χ0) is 17.7. The number of nitro benzene ring substituents is 1. The Morgan fingerprint density at radius 2 is 1.46 bits per heavy atom. The number of hydrogen-bond acceptors (Lipinski definition) is 2. The third kappa shape index (κ3) is 5.44. The van der Waals surface area contributed by atoms with Gasteiger partial charge in [-0.15, -0.1) is 0 Å². The molecule has 0 aliphatic carbocycles. The SMILES string of the molecule is F[B-](F)(F)F.O=[N+]([O-])c1ccc(-c2ccc3ccccc3[se+]2)cc1. The van der Waals surface area contributed by atoms with Crippen molar-refractivity contribution in [2.45, 2.75) is 0 Å². The molecule has 9 heteroatoms. The molecule has 0 radical (unpaired) electrons. The van der Waals surface area contributed by atoms with Crippen molar-refractivity contribution in [2.75, 3.05) is 0 Å². The molecule has 3 aromatic rings. The molecule has 124 valence electrons. The van der Waals surface area contributed by atoms with E-state index in [2.05, 4.69) is 24.3 Å². The van der Waals surface area contributed by atoms with Gasteiger partial charge in [-0.2, -0.15) is 0 Å². The van der Waals surface area contributed by atoms with E-state index in [1.54, 1.807) is 12.1 Å². The molecule has 1 aromatic heterocycles. The van der Waals surface area contributed by atoms with Crippen LogP contribution in [0.1, 0.15) is 0 Å². The first kappa shape index (κ1) is 18.1. The van der Waals surface area contributed by atoms with E-state index >= 15 is 0 Å². The third-order valence-electron chi connectivity index (χ3n) is 2.92. The first-order chi connectivity index (χ1) is 11.2. The molecule has 24 heavy (non-hydrogen) atoms. The molecule has 1 heterocycles. The average Bonchev–Trinajstić information content (AvgIpc) is 2.53. The Kier molecular flexibility index (Phi) is 5.69. The fraction of sp³-hybridized carbons (Fsp3) is 0. The van der Waals surface area contributed by atoms with Crippen LogP contribution >= 0.6 is 0 Å². The van der Waals surface area contributed by atoms with Gasteiger partial charge in [0, 0.05) is 0 Å². The van der Waals surface area contributed by atoms with E-state index in [-0.39, 0.29) is 25.1 Å². The minimum atomic E-state index is -6.00. The van der Waals surface area contributed by atoms with Crippen molar-refractivity contribution < 1.29 is 22.2 Å². The molecular formula is C15H10BF4NO2Se. The predicted molar refractivity (Wildman–Crippen MR) is 87.6 cm³/mol. The van der Waals surface area contributed by atoms with Crippen LogP contribution in [0.15, 0.2) is 60.7 Å². The second-order valence-corrected chi connectivity index (χ2v) is 6.91. The van der Waals surface area contributed by atoms with Crippen LogP contribution in [0.25, 0.3) is 19.6 Å². The molecule has 0 aliphatic heterocycles. The van der Waals surface area contributed by atoms with Crippen molar-refractivity contribution in [3.05, 3.63) is 70.8 Å². The number of halogens is 4. The molecule has 0 unspecified atom stereocenters. The van der Waals surface area contributed by atoms with E-state index in [0.717, 1.165) is 5.56 Å². The molecule has 0 saturated carbocycles. The Morgan fingerprint density at radius 3 is 2.04 bits per heavy atom. The molecule has 3 rings (SSSR count). The Bertz CT molecular complexity index is 850. The molecule has 0 N–H and O–H groups in total. The van der Waals surface area contributed by atoms with E-state index in [1.165, 1.54) is 14.1 Å². The molecule has 0 fully saturated rings. The number of benzene rings is 2. The van der Waals surface area contributed by atoms with Crippen LogP contribution in [0.4, 0.5) is 23.0 Å². The van der Waals surface area contributed by atoms with Gasteiger partial charge in [0.25, 0.3) is 0 Å². The number of non-ortho nitro benzene ring substituents is 1. The average molecular weight is 402 g/mol. The summed E-state index contributed by atoms with van der Waals surface area (Å²) >= 11 is 0.251. The molecule has 0 atom stereocenters. The predicted octanol–water partition coefficient (Wildman–Crippen LogP) is 5.05. The summed E-state index contributed by atoms with van der Waals surface area (Å²) in [6.07, 6.45) is 0. The Morgan fingerprint density at radius 1 is 0.875 bits per heavy atom. The summed E-state index contributed by atoms with van der Waals surface area (Å²) in [5.74, 6) is 0. The van der Waals surface area contributed by atoms with E-state index in [1.807, 2.05) is 24.3 Å². The van der Waals surface area contributed by atoms with Gasteiger partial charge in [0.05, 0.1) is 0 Å². The van der Waals surface area contributed by atoms with E-state index < -0.39 is 7.25 Å². The zero-order valence-corrected chi connectivity index (χ0v) is 13.7. The van der Waals surface area contributed by atoms with Crippen molar-refractivity contribution in [1.82, 2.24) is 0 Å². The second-order valence-electron chi connectivity index (χ2n) is 4.64. The summed E-state index contributed by atoms with van der Waals surface area (Å²) in [4.78, 5) is 10.3. The van der Waals surface area contributed by atoms with Crippen LogP contribution in [-0.2, 0) is 0 Å². The van der Waals surface area contributed by atoms with Crippen molar-refractivity contribution in [1.29, 1.82) is 0 Å². The number of hydrogen-bond donors (Lipinski definition) is 0. The van der Waals surface area contributed by atoms with Gasteiger partial charge in [-0.25, -0.2) is 0 Å². The Hall–Kier alpha value is -2.25. The number of fused-ring (bicyclic) bond motifs is 1. The van der Waals surface area contributed by atoms with Crippen molar-refractivity contribution >= 4 is 37.1 Å². The van der Waals surface area contributed by atoms with Gasteiger partial charge in [-0.05, 0) is 0 Å². The maximum atomic E-state index is 10.6. The van der Waals surface area contributed by atoms with E-state index in [0.29, 0.717) is 0 Å². The number of nitrogens with zero attached hydrogens (tertiary/aromatic N) is 1. The summed E-state index contributed by atoms with van der Waals surface area (Å²) < 4.78 is 41.6. The molecule has 0 saturated heterocycles. The van der Waals surface area contributed by atoms with Crippen molar-refractivity contribution in [2.24, 2.45) is 0 Å². The quantitative estimate of drug-likeness (QED) is 0.261. The molecular weight excluding hydrogens is 392 g/mol. The summed E-state index contributed by atoms with van der Waals surface area (Å²) in [6, 6.07) is 19.3. The first-order valence-corrected chi connectivity index (χ1v) is 8.39. The molecule has 0 spiro atoms. The van der Waals surface area contributed by atoms with Crippen molar-refractivity contribution in [3.63, 3.8) is 0 Å². The molecule has 0 aliphatic rings. The van der Waals surface area contributed by atoms with Gasteiger partial charge in [0.1, 0.15) is 0 Å². The monoisotopic (exact) mass is 403 g/mol. The van der Waals surface area contributed by atoms with E-state index in [4.69, 9.17) is 0 Å². The van der Waals surface area contributed by atoms with Gasteiger partial charge in [-0.3, -0.25) is 0 Å². The summed E-state index contributed by atoms with van der Waals surface area (Å²) in [5, 5.41) is 11.9. The minimum absolute atomic E-state index is 0.136. The number of rotatable bonds is 2. The van der Waals surface area contributed by atoms with Crippen molar-refractivity contribution in [3.8, 4) is 10.0 Å². The number of nitro groups is 1. The van der Waals surface area contributed by atoms with Crippen LogP contribution < -0.4 is 0 Å². The summed E-state index contributed by atoms with van der Waals surface area (Å²) in [7, 11) is -6.00. The van der Waals surface area contributed by atoms with Gasteiger partial charge in [-0.1, -0.05) is 0 Å². The Labute approximate surface area is 140 Å². The fourth-order valence-corrected chi connectivity index (χ4v) is 4.09. The van der Waals surface area contributed by atoms with Crippen LogP contribution in [0, 0.1) is 10.1 Å². The molecule has 2 aromatic carbocycles. The Balaban J connectivity index is 0.000000368. The van der Waals surface area contributed by atoms with Crippen LogP contribution in [-0.4, -0.2) is 26.7 Å². The molecule has 0 amide bonds. The summed E-state index contributed by atoms with van der Waals surface area (Å²) in [6.45, 7) is 0. The molecule has 0 bridgehead atoms. The maximum absolute atomic E-state index is 10.6. The first-order valence-electron chi connectivity index (χ1n) is 6.68. The second kappa shape index (κ2) is 7.55. The normalized spacial score (nSPS) is 10.8. The van der Waals surface area contributed by atoms with E-state index in [9.17, 15) is 27.4 Å². The fourth-order valence-electron chi connectivity index (χ4n) is 1.93. The van der Waals surface area contributed by atoms with Gasteiger partial charge < -0.3 is 17.3 Å². The third-order valence-corrected chi connectivity index (χ3v) is 5.40. The van der Waals surface area contributed by atoms with Gasteiger partial charge >= 0.3 is 123 Å². The van der Waals surface area contributed by atoms with Gasteiger partial charge in [0.2, 0.25) is 0 Å². The molecule has 3 nitrogen and oxygen atoms in total. The topological polar surface area (TPSA) is 43.1 Å². The van der Waals surface area contributed by atoms with Crippen LogP contribution in [0.5, 0.6) is 0 Å². The van der Waals surface area contributed by atoms with Crippen LogP contribution in [0.2, 0.25) is 0 Å². The summed E-state index contributed by atoms with van der Waals surface area (Å²) in [5.41, 5.74) is 1.20. The van der Waals surface area contributed by atoms with Crippen LogP contribution in [0.3, 0.4) is 0 Å². The van der Waals surface area contributed by atoms with Gasteiger partial charge in [0.15, 0.2) is 0 Å². The standard InChI is InChI=1S/C15H10NO2Se.BF4/c17-16(18)13-8-5-12(6-9-13)15-10-7-11-3-1-2-4-14(11)19-15;2-1(3,4)5/h1-10H;/q+1;-1.